The van der Waals surface area contributed by atoms with Gasteiger partial charge in [-0.3, -0.25) is 4.98 Å². The molecule has 0 atom stereocenters. The highest BCUT2D eigenvalue weighted by Gasteiger charge is 2.10. The summed E-state index contributed by atoms with van der Waals surface area (Å²) in [5.41, 5.74) is 12.3. The number of unbranched alkanes of at least 4 members (excludes halogenated alkanes) is 9. The van der Waals surface area contributed by atoms with E-state index in [4.69, 9.17) is 16.7 Å². The lowest BCUT2D eigenvalue weighted by Gasteiger charge is -2.22. The van der Waals surface area contributed by atoms with Gasteiger partial charge in [0.2, 0.25) is 12.2 Å². The number of nitrogens with two attached hydrogens (primary N) is 2. The molecule has 6 nitrogen and oxygen atoms in total. The second-order valence-electron chi connectivity index (χ2n) is 6.25. The lowest BCUT2D eigenvalue weighted by molar-refractivity contribution is 0.554. The van der Waals surface area contributed by atoms with Crippen molar-refractivity contribution >= 4 is 11.6 Å². The Bertz CT molecular complexity index is 508. The average molecular weight is 345 g/mol. The number of anilines is 1. The maximum atomic E-state index is 8.73. The fourth-order valence-electron chi connectivity index (χ4n) is 2.84. The van der Waals surface area contributed by atoms with Crippen molar-refractivity contribution in [3.8, 4) is 6.19 Å². The Morgan fingerprint density at radius 1 is 0.960 bits per heavy atom. The Balaban J connectivity index is 2.19. The third-order valence-corrected chi connectivity index (χ3v) is 4.25. The summed E-state index contributed by atoms with van der Waals surface area (Å²) in [5.74, 6) is 0.242. The quantitative estimate of drug-likeness (QED) is 0.246. The molecule has 138 valence electrons. The lowest BCUT2D eigenvalue weighted by atomic mass is 10.1. The minimum Gasteiger partial charge on any atom is -0.369 e. The summed E-state index contributed by atoms with van der Waals surface area (Å²) in [6, 6.07) is 3.76. The number of aromatic nitrogens is 1. The van der Waals surface area contributed by atoms with E-state index >= 15 is 0 Å². The van der Waals surface area contributed by atoms with Crippen molar-refractivity contribution in [2.24, 2.45) is 16.5 Å². The van der Waals surface area contributed by atoms with Crippen molar-refractivity contribution in [3.63, 3.8) is 0 Å². The summed E-state index contributed by atoms with van der Waals surface area (Å²) in [6.07, 6.45) is 17.6. The monoisotopic (exact) mass is 344 g/mol. The van der Waals surface area contributed by atoms with Crippen LogP contribution >= 0.6 is 0 Å². The molecule has 0 saturated carbocycles. The molecule has 1 heterocycles. The first-order valence-corrected chi connectivity index (χ1v) is 9.39. The Morgan fingerprint density at radius 2 is 1.48 bits per heavy atom. The number of hydrogen-bond donors (Lipinski definition) is 2. The second kappa shape index (κ2) is 14.2. The molecule has 0 amide bonds. The number of aliphatic imine (C=N–C) groups is 1. The Labute approximate surface area is 151 Å². The van der Waals surface area contributed by atoms with Gasteiger partial charge in [-0.2, -0.15) is 5.26 Å². The number of hydrogen-bond acceptors (Lipinski definition) is 4. The highest BCUT2D eigenvalue weighted by molar-refractivity contribution is 5.95. The molecule has 4 N–H and O–H groups in total. The molecule has 0 aliphatic heterocycles. The molecule has 6 heteroatoms. The van der Waals surface area contributed by atoms with E-state index in [2.05, 4.69) is 9.98 Å². The van der Waals surface area contributed by atoms with Gasteiger partial charge in [0.25, 0.3) is 0 Å². The molecular weight excluding hydrogens is 312 g/mol. The first-order chi connectivity index (χ1) is 12.3. The zero-order valence-corrected chi connectivity index (χ0v) is 15.2. The van der Waals surface area contributed by atoms with Crippen molar-refractivity contribution in [2.75, 3.05) is 18.0 Å². The van der Waals surface area contributed by atoms with E-state index in [1.165, 1.54) is 44.9 Å². The SMILES string of the molecule is N#CN=C(N)N(CCCCCCCCCCCCN)c1ccncc1. The maximum absolute atomic E-state index is 8.73. The molecule has 0 radical (unpaired) electrons. The molecule has 0 saturated heterocycles. The van der Waals surface area contributed by atoms with Crippen molar-refractivity contribution in [2.45, 2.75) is 64.2 Å². The van der Waals surface area contributed by atoms with Gasteiger partial charge in [0.05, 0.1) is 0 Å². The Morgan fingerprint density at radius 3 is 2.00 bits per heavy atom. The lowest BCUT2D eigenvalue weighted by Crippen LogP contribution is -2.38. The number of nitrogens with zero attached hydrogens (tertiary/aromatic N) is 4. The molecule has 0 spiro atoms. The van der Waals surface area contributed by atoms with Crippen LogP contribution < -0.4 is 16.4 Å². The van der Waals surface area contributed by atoms with Crippen LogP contribution in [0.25, 0.3) is 0 Å². The van der Waals surface area contributed by atoms with Crippen LogP contribution in [0.4, 0.5) is 5.69 Å². The molecule has 0 aliphatic carbocycles. The zero-order valence-electron chi connectivity index (χ0n) is 15.2. The van der Waals surface area contributed by atoms with Crippen LogP contribution in [0, 0.1) is 11.5 Å². The predicted octanol–water partition coefficient (Wildman–Crippen LogP) is 3.54. The molecular formula is C19H32N6. The molecule has 1 aromatic rings. The van der Waals surface area contributed by atoms with Gasteiger partial charge in [0.1, 0.15) is 0 Å². The topological polar surface area (TPSA) is 104 Å². The van der Waals surface area contributed by atoms with E-state index in [9.17, 15) is 0 Å². The number of rotatable bonds is 13. The van der Waals surface area contributed by atoms with Gasteiger partial charge in [-0.1, -0.05) is 51.4 Å². The fraction of sp³-hybridized carbons (Fsp3) is 0.632. The van der Waals surface area contributed by atoms with Crippen LogP contribution in [-0.4, -0.2) is 24.0 Å². The summed E-state index contributed by atoms with van der Waals surface area (Å²) in [4.78, 5) is 9.56. The van der Waals surface area contributed by atoms with Crippen molar-refractivity contribution < 1.29 is 0 Å². The second-order valence-corrected chi connectivity index (χ2v) is 6.25. The first kappa shape index (κ1) is 20.9. The van der Waals surface area contributed by atoms with E-state index in [0.717, 1.165) is 38.0 Å². The van der Waals surface area contributed by atoms with Crippen LogP contribution in [0.2, 0.25) is 0 Å². The molecule has 0 aliphatic rings. The van der Waals surface area contributed by atoms with E-state index in [-0.39, 0.29) is 5.96 Å². The molecule has 0 unspecified atom stereocenters. The summed E-state index contributed by atoms with van der Waals surface area (Å²) in [5, 5.41) is 8.73. The van der Waals surface area contributed by atoms with Gasteiger partial charge >= 0.3 is 0 Å². The van der Waals surface area contributed by atoms with Crippen molar-refractivity contribution in [1.82, 2.24) is 4.98 Å². The molecule has 25 heavy (non-hydrogen) atoms. The minimum atomic E-state index is 0.242. The van der Waals surface area contributed by atoms with E-state index in [1.54, 1.807) is 18.6 Å². The highest BCUT2D eigenvalue weighted by Crippen LogP contribution is 2.15. The third-order valence-electron chi connectivity index (χ3n) is 4.25. The van der Waals surface area contributed by atoms with Crippen LogP contribution in [0.1, 0.15) is 64.2 Å². The molecule has 0 bridgehead atoms. The molecule has 0 fully saturated rings. The van der Waals surface area contributed by atoms with Crippen molar-refractivity contribution in [1.29, 1.82) is 5.26 Å². The molecule has 0 aromatic carbocycles. The molecule has 1 aromatic heterocycles. The Hall–Kier alpha value is -2.13. The van der Waals surface area contributed by atoms with Gasteiger partial charge in [0.15, 0.2) is 0 Å². The van der Waals surface area contributed by atoms with Crippen LogP contribution in [-0.2, 0) is 0 Å². The van der Waals surface area contributed by atoms with Crippen LogP contribution in [0.15, 0.2) is 29.5 Å². The van der Waals surface area contributed by atoms with E-state index in [0.29, 0.717) is 0 Å². The predicted molar refractivity (Wildman–Crippen MR) is 104 cm³/mol. The largest absolute Gasteiger partial charge is 0.369 e. The first-order valence-electron chi connectivity index (χ1n) is 9.39. The fourth-order valence-corrected chi connectivity index (χ4v) is 2.84. The van der Waals surface area contributed by atoms with Gasteiger partial charge in [-0.05, 0) is 31.5 Å². The third kappa shape index (κ3) is 9.68. The Kier molecular flexibility index (Phi) is 11.9. The highest BCUT2D eigenvalue weighted by atomic mass is 15.3. The standard InChI is InChI=1S/C19H32N6/c20-13-9-7-5-3-1-2-4-6-8-10-16-25(19(22)24-17-21)18-11-14-23-15-12-18/h11-12,14-15H,1-10,13,16,20H2,(H2,22,24). The van der Waals surface area contributed by atoms with Crippen molar-refractivity contribution in [3.05, 3.63) is 24.5 Å². The average Bonchev–Trinajstić information content (AvgIpc) is 2.63. The van der Waals surface area contributed by atoms with E-state index in [1.807, 2.05) is 17.0 Å². The smallest absolute Gasteiger partial charge is 0.211 e. The minimum absolute atomic E-state index is 0.242. The summed E-state index contributed by atoms with van der Waals surface area (Å²) in [7, 11) is 0. The maximum Gasteiger partial charge on any atom is 0.211 e. The summed E-state index contributed by atoms with van der Waals surface area (Å²) < 4.78 is 0. The molecule has 1 rings (SSSR count). The number of pyridine rings is 1. The van der Waals surface area contributed by atoms with Crippen LogP contribution in [0.5, 0.6) is 0 Å². The summed E-state index contributed by atoms with van der Waals surface area (Å²) in [6.45, 7) is 1.58. The normalized spacial score (nSPS) is 11.3. The van der Waals surface area contributed by atoms with Gasteiger partial charge < -0.3 is 16.4 Å². The van der Waals surface area contributed by atoms with Crippen LogP contribution in [0.3, 0.4) is 0 Å². The number of nitriles is 1. The zero-order chi connectivity index (χ0) is 18.2. The van der Waals surface area contributed by atoms with E-state index < -0.39 is 0 Å². The van der Waals surface area contributed by atoms with Gasteiger partial charge in [-0.25, -0.2) is 0 Å². The van der Waals surface area contributed by atoms with Gasteiger partial charge in [-0.15, -0.1) is 4.99 Å². The number of guanidine groups is 1. The summed E-state index contributed by atoms with van der Waals surface area (Å²) >= 11 is 0. The van der Waals surface area contributed by atoms with Gasteiger partial charge in [0, 0.05) is 24.6 Å².